The van der Waals surface area contributed by atoms with Gasteiger partial charge in [-0.1, -0.05) is 38.0 Å². The van der Waals surface area contributed by atoms with Gasteiger partial charge >= 0.3 is 0 Å². The van der Waals surface area contributed by atoms with Crippen LogP contribution in [0.3, 0.4) is 0 Å². The topological polar surface area (TPSA) is 24.8 Å². The molecule has 0 aromatic heterocycles. The van der Waals surface area contributed by atoms with Crippen LogP contribution < -0.4 is 4.74 Å². The molecule has 1 saturated heterocycles. The molecule has 4 heteroatoms. The van der Waals surface area contributed by atoms with Gasteiger partial charge in [0.1, 0.15) is 11.6 Å². The number of rotatable bonds is 8. The Morgan fingerprint density at radius 2 is 2.00 bits per heavy atom. The lowest BCUT2D eigenvalue weighted by Gasteiger charge is -2.31. The minimum absolute atomic E-state index is 0. The van der Waals surface area contributed by atoms with Crippen LogP contribution >= 0.6 is 0 Å². The molecule has 0 N–H and O–H groups in total. The second-order valence-corrected chi connectivity index (χ2v) is 8.67. The Kier molecular flexibility index (Phi) is 6.83. The summed E-state index contributed by atoms with van der Waals surface area (Å²) in [7, 11) is 1.61. The highest BCUT2D eigenvalue weighted by Crippen LogP contribution is 2.38. The number of benzene rings is 1. The second kappa shape index (κ2) is 9.74. The lowest BCUT2D eigenvalue weighted by molar-refractivity contribution is 0.178. The Bertz CT molecular complexity index is 881. The molecule has 30 heavy (non-hydrogen) atoms. The van der Waals surface area contributed by atoms with Crippen LogP contribution in [-0.4, -0.2) is 37.4 Å². The van der Waals surface area contributed by atoms with E-state index in [-0.39, 0.29) is 13.2 Å². The fraction of sp³-hybridized carbons (Fsp3) is 0.500. The molecule has 0 radical (unpaired) electrons. The summed E-state index contributed by atoms with van der Waals surface area (Å²) in [4.78, 5) is 7.54. The minimum atomic E-state index is -0.235. The van der Waals surface area contributed by atoms with Gasteiger partial charge in [-0.15, -0.1) is 0 Å². The maximum atomic E-state index is 14.5. The average Bonchev–Trinajstić information content (AvgIpc) is 3.19. The highest BCUT2D eigenvalue weighted by atomic mass is 19.1. The van der Waals surface area contributed by atoms with Crippen LogP contribution in [0.4, 0.5) is 4.39 Å². The number of hydrogen-bond acceptors (Lipinski definition) is 3. The first kappa shape index (κ1) is 21.0. The van der Waals surface area contributed by atoms with E-state index in [9.17, 15) is 4.39 Å². The van der Waals surface area contributed by atoms with Crippen molar-refractivity contribution in [3.63, 3.8) is 0 Å². The zero-order valence-corrected chi connectivity index (χ0v) is 18.2. The standard InChI is InChI=1S/C26H33FN2O.H2/c1-3-5-19-13-16-29(17-14-19)15-4-6-21-9-7-20-8-11-23(26(20)28-21)24-18-22(30-2)10-12-25(24)27;/h7-12,18-20H,3-6,13-17H2,1-2H3;1H. The van der Waals surface area contributed by atoms with Crippen molar-refractivity contribution in [2.24, 2.45) is 16.8 Å². The molecule has 0 amide bonds. The van der Waals surface area contributed by atoms with E-state index in [0.717, 1.165) is 42.3 Å². The SMILES string of the molecule is CCCC1CCN(CCCC2=NC3=C(c4cc(OC)ccc4F)C=CC3C=C2)CC1.[HH]. The number of dihydropyridines is 1. The molecule has 162 valence electrons. The number of fused-ring (bicyclic) bond motifs is 1. The van der Waals surface area contributed by atoms with Crippen molar-refractivity contribution in [2.45, 2.75) is 45.4 Å². The van der Waals surface area contributed by atoms with Gasteiger partial charge in [0.25, 0.3) is 0 Å². The predicted octanol–water partition coefficient (Wildman–Crippen LogP) is 6.28. The summed E-state index contributed by atoms with van der Waals surface area (Å²) in [5.41, 5.74) is 3.50. The molecular formula is C26H35FN2O. The summed E-state index contributed by atoms with van der Waals surface area (Å²) in [5, 5.41) is 0. The third-order valence-corrected chi connectivity index (χ3v) is 6.60. The van der Waals surface area contributed by atoms with E-state index < -0.39 is 0 Å². The van der Waals surface area contributed by atoms with Crippen molar-refractivity contribution >= 4 is 11.3 Å². The Labute approximate surface area is 181 Å². The van der Waals surface area contributed by atoms with Gasteiger partial charge in [-0.2, -0.15) is 0 Å². The summed E-state index contributed by atoms with van der Waals surface area (Å²) in [6.45, 7) is 5.91. The van der Waals surface area contributed by atoms with Gasteiger partial charge in [0.2, 0.25) is 0 Å². The van der Waals surface area contributed by atoms with E-state index in [1.54, 1.807) is 19.2 Å². The normalized spacial score (nSPS) is 21.8. The van der Waals surface area contributed by atoms with Crippen LogP contribution in [0.2, 0.25) is 0 Å². The molecular weight excluding hydrogens is 375 g/mol. The first-order chi connectivity index (χ1) is 14.7. The summed E-state index contributed by atoms with van der Waals surface area (Å²) < 4.78 is 19.8. The Morgan fingerprint density at radius 1 is 1.20 bits per heavy atom. The zero-order chi connectivity index (χ0) is 20.9. The number of halogens is 1. The molecule has 2 aliphatic heterocycles. The monoisotopic (exact) mass is 410 g/mol. The molecule has 0 bridgehead atoms. The smallest absolute Gasteiger partial charge is 0.131 e. The van der Waals surface area contributed by atoms with Crippen LogP contribution in [0.1, 0.15) is 52.4 Å². The summed E-state index contributed by atoms with van der Waals surface area (Å²) >= 11 is 0. The zero-order valence-electron chi connectivity index (χ0n) is 18.2. The molecule has 1 aromatic rings. The fourth-order valence-electron chi connectivity index (χ4n) is 4.85. The highest BCUT2D eigenvalue weighted by Gasteiger charge is 2.24. The van der Waals surface area contributed by atoms with Gasteiger partial charge in [0.05, 0.1) is 12.8 Å². The first-order valence-electron chi connectivity index (χ1n) is 11.4. The number of ether oxygens (including phenoxy) is 1. The molecule has 3 nitrogen and oxygen atoms in total. The van der Waals surface area contributed by atoms with Gasteiger partial charge in [0.15, 0.2) is 0 Å². The Balaban J connectivity index is 0.00000272. The van der Waals surface area contributed by atoms with Crippen LogP contribution in [0.5, 0.6) is 5.75 Å². The number of likely N-dealkylation sites (tertiary alicyclic amines) is 1. The first-order valence-corrected chi connectivity index (χ1v) is 11.4. The third-order valence-electron chi connectivity index (χ3n) is 6.60. The van der Waals surface area contributed by atoms with E-state index in [0.29, 0.717) is 11.3 Å². The summed E-state index contributed by atoms with van der Waals surface area (Å²) in [5.74, 6) is 1.51. The van der Waals surface area contributed by atoms with E-state index >= 15 is 0 Å². The van der Waals surface area contributed by atoms with Gasteiger partial charge in [-0.05, 0) is 75.5 Å². The van der Waals surface area contributed by atoms with Crippen LogP contribution in [0, 0.1) is 17.7 Å². The molecule has 1 unspecified atom stereocenters. The quantitative estimate of drug-likeness (QED) is 0.504. The third kappa shape index (κ3) is 4.75. The summed E-state index contributed by atoms with van der Waals surface area (Å²) in [6.07, 6.45) is 15.9. The van der Waals surface area contributed by atoms with Gasteiger partial charge in [-0.3, -0.25) is 4.99 Å². The molecule has 0 saturated carbocycles. The van der Waals surface area contributed by atoms with Crippen LogP contribution in [-0.2, 0) is 0 Å². The predicted molar refractivity (Wildman–Crippen MR) is 124 cm³/mol. The number of hydrogen-bond donors (Lipinski definition) is 0. The number of allylic oxidation sites excluding steroid dienone is 4. The van der Waals surface area contributed by atoms with E-state index in [2.05, 4.69) is 30.1 Å². The fourth-order valence-corrected chi connectivity index (χ4v) is 4.85. The lowest BCUT2D eigenvalue weighted by Crippen LogP contribution is -2.34. The van der Waals surface area contributed by atoms with Crippen molar-refractivity contribution in [3.8, 4) is 5.75 Å². The molecule has 1 aromatic carbocycles. The molecule has 3 aliphatic rings. The molecule has 2 heterocycles. The molecule has 0 spiro atoms. The van der Waals surface area contributed by atoms with Gasteiger partial charge < -0.3 is 9.64 Å². The molecule has 1 atom stereocenters. The highest BCUT2D eigenvalue weighted by molar-refractivity contribution is 5.98. The second-order valence-electron chi connectivity index (χ2n) is 8.67. The van der Waals surface area contributed by atoms with Crippen molar-refractivity contribution in [2.75, 3.05) is 26.7 Å². The largest absolute Gasteiger partial charge is 0.497 e. The Hall–Kier alpha value is -2.20. The molecule has 1 fully saturated rings. The van der Waals surface area contributed by atoms with Gasteiger partial charge in [0, 0.05) is 24.2 Å². The van der Waals surface area contributed by atoms with Gasteiger partial charge in [-0.25, -0.2) is 4.39 Å². The van der Waals surface area contributed by atoms with Crippen molar-refractivity contribution in [1.29, 1.82) is 0 Å². The number of nitrogens with zero attached hydrogens (tertiary/aromatic N) is 2. The maximum absolute atomic E-state index is 14.5. The minimum Gasteiger partial charge on any atom is -0.497 e. The van der Waals surface area contributed by atoms with E-state index in [4.69, 9.17) is 9.73 Å². The number of piperidine rings is 1. The molecule has 4 rings (SSSR count). The number of methoxy groups -OCH3 is 1. The average molecular weight is 411 g/mol. The lowest BCUT2D eigenvalue weighted by atomic mass is 9.92. The van der Waals surface area contributed by atoms with Crippen LogP contribution in [0.15, 0.2) is 53.2 Å². The van der Waals surface area contributed by atoms with E-state index in [1.807, 2.05) is 6.08 Å². The Morgan fingerprint density at radius 3 is 2.77 bits per heavy atom. The summed E-state index contributed by atoms with van der Waals surface area (Å²) in [6, 6.07) is 4.89. The van der Waals surface area contributed by atoms with Crippen molar-refractivity contribution in [3.05, 3.63) is 59.6 Å². The van der Waals surface area contributed by atoms with Crippen molar-refractivity contribution in [1.82, 2.24) is 4.90 Å². The maximum Gasteiger partial charge on any atom is 0.131 e. The molecule has 1 aliphatic carbocycles. The van der Waals surface area contributed by atoms with Crippen molar-refractivity contribution < 1.29 is 10.6 Å². The van der Waals surface area contributed by atoms with E-state index in [1.165, 1.54) is 44.8 Å². The number of aliphatic imine (C=N–C) groups is 1. The van der Waals surface area contributed by atoms with Crippen LogP contribution in [0.25, 0.3) is 5.57 Å².